The van der Waals surface area contributed by atoms with Gasteiger partial charge in [0.25, 0.3) is 10.0 Å². The molecule has 0 amide bonds. The maximum atomic E-state index is 12.8. The highest BCUT2D eigenvalue weighted by Gasteiger charge is 2.28. The minimum Gasteiger partial charge on any atom is -0.493 e. The van der Waals surface area contributed by atoms with Gasteiger partial charge in [-0.05, 0) is 24.3 Å². The number of carbonyl (C=O) groups is 1. The number of carbonyl (C=O) groups excluding carboxylic acids is 1. The van der Waals surface area contributed by atoms with Crippen molar-refractivity contribution in [2.24, 2.45) is 0 Å². The fourth-order valence-electron chi connectivity index (χ4n) is 2.43. The molecule has 0 aliphatic carbocycles. The average molecular weight is 406 g/mol. The number of hydrogen-bond donors (Lipinski definition) is 1. The Kier molecular flexibility index (Phi) is 6.33. The lowest BCUT2D eigenvalue weighted by Gasteiger charge is -2.19. The molecule has 0 atom stereocenters. The summed E-state index contributed by atoms with van der Waals surface area (Å²) >= 11 is 0. The van der Waals surface area contributed by atoms with Gasteiger partial charge in [-0.3, -0.25) is 4.72 Å². The maximum absolute atomic E-state index is 12.8. The van der Waals surface area contributed by atoms with Gasteiger partial charge in [0.15, 0.2) is 11.5 Å². The zero-order valence-corrected chi connectivity index (χ0v) is 16.4. The van der Waals surface area contributed by atoms with E-state index in [1.807, 2.05) is 6.07 Å². The number of anilines is 1. The number of benzene rings is 2. The van der Waals surface area contributed by atoms with E-state index in [0.29, 0.717) is 5.56 Å². The van der Waals surface area contributed by atoms with Crippen molar-refractivity contribution in [1.29, 1.82) is 5.26 Å². The second-order valence-electron chi connectivity index (χ2n) is 5.30. The topological polar surface area (TPSA) is 124 Å². The Morgan fingerprint density at radius 2 is 1.61 bits per heavy atom. The van der Waals surface area contributed by atoms with Gasteiger partial charge in [0.1, 0.15) is 5.69 Å². The standard InChI is InChI=1S/C18H18N2O7S/c1-24-14-9-13(18(21)27-4)15(17(26-3)16(14)25-2)20-28(22,23)12-7-5-11(10-19)6-8-12/h5-9,20H,1-4H3. The number of nitrogens with one attached hydrogen (secondary N) is 1. The summed E-state index contributed by atoms with van der Waals surface area (Å²) in [6, 6.07) is 8.45. The maximum Gasteiger partial charge on any atom is 0.340 e. The van der Waals surface area contributed by atoms with Gasteiger partial charge in [-0.25, -0.2) is 13.2 Å². The summed E-state index contributed by atoms with van der Waals surface area (Å²) in [5, 5.41) is 8.86. The Bertz CT molecular complexity index is 1030. The lowest BCUT2D eigenvalue weighted by Crippen LogP contribution is -2.17. The van der Waals surface area contributed by atoms with Gasteiger partial charge in [0.05, 0.1) is 50.5 Å². The van der Waals surface area contributed by atoms with Crippen molar-refractivity contribution in [1.82, 2.24) is 0 Å². The summed E-state index contributed by atoms with van der Waals surface area (Å²) in [5.74, 6) is -0.618. The zero-order valence-electron chi connectivity index (χ0n) is 15.6. The molecule has 0 bridgehead atoms. The zero-order chi connectivity index (χ0) is 20.9. The van der Waals surface area contributed by atoms with Gasteiger partial charge in [0.2, 0.25) is 5.75 Å². The number of methoxy groups -OCH3 is 4. The summed E-state index contributed by atoms with van der Waals surface area (Å²) in [6.07, 6.45) is 0. The minimum atomic E-state index is -4.12. The molecule has 0 spiro atoms. The molecule has 10 heteroatoms. The Morgan fingerprint density at radius 3 is 2.07 bits per heavy atom. The van der Waals surface area contributed by atoms with Crippen LogP contribution in [0.3, 0.4) is 0 Å². The highest BCUT2D eigenvalue weighted by atomic mass is 32.2. The van der Waals surface area contributed by atoms with Gasteiger partial charge in [-0.15, -0.1) is 0 Å². The third-order valence-corrected chi connectivity index (χ3v) is 5.13. The van der Waals surface area contributed by atoms with E-state index in [1.165, 1.54) is 51.7 Å². The molecule has 148 valence electrons. The van der Waals surface area contributed by atoms with Crippen molar-refractivity contribution in [2.45, 2.75) is 4.90 Å². The number of rotatable bonds is 7. The van der Waals surface area contributed by atoms with Crippen LogP contribution in [0.1, 0.15) is 15.9 Å². The van der Waals surface area contributed by atoms with Crippen LogP contribution in [0.4, 0.5) is 5.69 Å². The summed E-state index contributed by atoms with van der Waals surface area (Å²) in [7, 11) is 1.03. The van der Waals surface area contributed by atoms with E-state index >= 15 is 0 Å². The normalized spacial score (nSPS) is 10.5. The lowest BCUT2D eigenvalue weighted by atomic mass is 10.1. The van der Waals surface area contributed by atoms with E-state index < -0.39 is 16.0 Å². The molecule has 0 aliphatic heterocycles. The Hall–Kier alpha value is -3.45. The number of esters is 1. The molecule has 28 heavy (non-hydrogen) atoms. The van der Waals surface area contributed by atoms with Gasteiger partial charge in [0, 0.05) is 6.07 Å². The SMILES string of the molecule is COC(=O)c1cc(OC)c(OC)c(OC)c1NS(=O)(=O)c1ccc(C#N)cc1. The molecular formula is C18H18N2O7S. The fraction of sp³-hybridized carbons (Fsp3) is 0.222. The Labute approximate surface area is 162 Å². The number of nitrogens with zero attached hydrogens (tertiary/aromatic N) is 1. The van der Waals surface area contributed by atoms with Gasteiger partial charge in [-0.2, -0.15) is 5.26 Å². The van der Waals surface area contributed by atoms with Crippen molar-refractivity contribution < 1.29 is 32.2 Å². The average Bonchev–Trinajstić information content (AvgIpc) is 2.72. The van der Waals surface area contributed by atoms with Crippen LogP contribution in [0.15, 0.2) is 35.2 Å². The summed E-state index contributed by atoms with van der Waals surface area (Å²) in [4.78, 5) is 12.1. The summed E-state index contributed by atoms with van der Waals surface area (Å²) in [6.45, 7) is 0. The molecule has 0 fully saturated rings. The molecule has 2 aromatic rings. The van der Waals surface area contributed by atoms with Crippen LogP contribution in [0.2, 0.25) is 0 Å². The quantitative estimate of drug-likeness (QED) is 0.694. The molecule has 0 saturated carbocycles. The Balaban J connectivity index is 2.67. The smallest absolute Gasteiger partial charge is 0.340 e. The van der Waals surface area contributed by atoms with Gasteiger partial charge in [-0.1, -0.05) is 0 Å². The highest BCUT2D eigenvalue weighted by Crippen LogP contribution is 2.46. The first-order chi connectivity index (χ1) is 13.3. The molecule has 1 N–H and O–H groups in total. The molecule has 0 radical (unpaired) electrons. The van der Waals surface area contributed by atoms with E-state index in [-0.39, 0.29) is 33.4 Å². The van der Waals surface area contributed by atoms with Crippen molar-refractivity contribution in [3.63, 3.8) is 0 Å². The third kappa shape index (κ3) is 3.94. The second kappa shape index (κ2) is 8.49. The van der Waals surface area contributed by atoms with Crippen molar-refractivity contribution >= 4 is 21.7 Å². The number of ether oxygens (including phenoxy) is 4. The molecule has 9 nitrogen and oxygen atoms in total. The number of nitriles is 1. The van der Waals surface area contributed by atoms with Crippen LogP contribution >= 0.6 is 0 Å². The molecule has 0 aromatic heterocycles. The predicted molar refractivity (Wildman–Crippen MR) is 99.4 cm³/mol. The van der Waals surface area contributed by atoms with E-state index in [1.54, 1.807) is 0 Å². The van der Waals surface area contributed by atoms with Crippen LogP contribution < -0.4 is 18.9 Å². The molecular weight excluding hydrogens is 388 g/mol. The molecule has 0 aliphatic rings. The third-order valence-electron chi connectivity index (χ3n) is 3.77. The fourth-order valence-corrected chi connectivity index (χ4v) is 3.51. The molecule has 2 rings (SSSR count). The van der Waals surface area contributed by atoms with Crippen LogP contribution in [0.25, 0.3) is 0 Å². The monoisotopic (exact) mass is 406 g/mol. The van der Waals surface area contributed by atoms with Crippen LogP contribution in [-0.4, -0.2) is 42.8 Å². The minimum absolute atomic E-state index is 0.0560. The van der Waals surface area contributed by atoms with Crippen molar-refractivity contribution in [3.8, 4) is 23.3 Å². The van der Waals surface area contributed by atoms with E-state index in [4.69, 9.17) is 24.2 Å². The first kappa shape index (κ1) is 20.9. The van der Waals surface area contributed by atoms with Gasteiger partial charge < -0.3 is 18.9 Å². The summed E-state index contributed by atoms with van der Waals surface area (Å²) in [5.41, 5.74) is 0.00322. The molecule has 0 heterocycles. The predicted octanol–water partition coefficient (Wildman–Crippen LogP) is 2.17. The Morgan fingerprint density at radius 1 is 1.00 bits per heavy atom. The second-order valence-corrected chi connectivity index (χ2v) is 6.98. The van der Waals surface area contributed by atoms with E-state index in [9.17, 15) is 13.2 Å². The first-order valence-corrected chi connectivity index (χ1v) is 9.25. The molecule has 0 unspecified atom stereocenters. The van der Waals surface area contributed by atoms with Crippen molar-refractivity contribution in [3.05, 3.63) is 41.5 Å². The van der Waals surface area contributed by atoms with E-state index in [2.05, 4.69) is 4.72 Å². The van der Waals surface area contributed by atoms with Crippen LogP contribution in [-0.2, 0) is 14.8 Å². The molecule has 2 aromatic carbocycles. The van der Waals surface area contributed by atoms with Crippen LogP contribution in [0, 0.1) is 11.3 Å². The van der Waals surface area contributed by atoms with Crippen LogP contribution in [0.5, 0.6) is 17.2 Å². The van der Waals surface area contributed by atoms with Crippen molar-refractivity contribution in [2.75, 3.05) is 33.2 Å². The number of sulfonamides is 1. The van der Waals surface area contributed by atoms with Gasteiger partial charge >= 0.3 is 5.97 Å². The lowest BCUT2D eigenvalue weighted by molar-refractivity contribution is 0.0601. The number of hydrogen-bond acceptors (Lipinski definition) is 8. The largest absolute Gasteiger partial charge is 0.493 e. The summed E-state index contributed by atoms with van der Waals surface area (Å²) < 4.78 is 48.4. The van der Waals surface area contributed by atoms with E-state index in [0.717, 1.165) is 7.11 Å². The molecule has 0 saturated heterocycles. The highest BCUT2D eigenvalue weighted by molar-refractivity contribution is 7.92. The first-order valence-electron chi connectivity index (χ1n) is 7.77.